The maximum atomic E-state index is 6.15. The zero-order chi connectivity index (χ0) is 11.7. The van der Waals surface area contributed by atoms with Crippen molar-refractivity contribution in [2.24, 2.45) is 11.7 Å². The van der Waals surface area contributed by atoms with E-state index < -0.39 is 0 Å². The zero-order valence-electron chi connectivity index (χ0n) is 10.4. The molecule has 3 atom stereocenters. The molecule has 92 valence electrons. The number of likely N-dealkylation sites (tertiary alicyclic amines) is 1. The van der Waals surface area contributed by atoms with Gasteiger partial charge in [-0.25, -0.2) is 0 Å². The summed E-state index contributed by atoms with van der Waals surface area (Å²) >= 11 is 0. The molecular formula is C15H22N2. The minimum absolute atomic E-state index is 0.442. The second kappa shape index (κ2) is 4.79. The fourth-order valence-corrected chi connectivity index (χ4v) is 3.54. The molecule has 2 bridgehead atoms. The van der Waals surface area contributed by atoms with Gasteiger partial charge < -0.3 is 5.73 Å². The molecule has 1 saturated carbocycles. The Hall–Kier alpha value is -0.860. The van der Waals surface area contributed by atoms with Gasteiger partial charge in [-0.1, -0.05) is 30.3 Å². The van der Waals surface area contributed by atoms with Gasteiger partial charge in [0.1, 0.15) is 0 Å². The number of hydrogen-bond acceptors (Lipinski definition) is 2. The van der Waals surface area contributed by atoms with Crippen LogP contribution in [0.5, 0.6) is 0 Å². The Morgan fingerprint density at radius 1 is 1.12 bits per heavy atom. The van der Waals surface area contributed by atoms with Crippen LogP contribution in [-0.2, 0) is 6.54 Å². The first-order valence-corrected chi connectivity index (χ1v) is 6.85. The fourth-order valence-electron chi connectivity index (χ4n) is 3.54. The van der Waals surface area contributed by atoms with E-state index >= 15 is 0 Å². The number of nitrogens with two attached hydrogens (primary N) is 1. The van der Waals surface area contributed by atoms with Crippen molar-refractivity contribution in [3.63, 3.8) is 0 Å². The van der Waals surface area contributed by atoms with Crippen molar-refractivity contribution in [3.05, 3.63) is 35.9 Å². The summed E-state index contributed by atoms with van der Waals surface area (Å²) in [4.78, 5) is 2.64. The van der Waals surface area contributed by atoms with Crippen LogP contribution >= 0.6 is 0 Å². The van der Waals surface area contributed by atoms with Gasteiger partial charge in [-0.2, -0.15) is 0 Å². The molecule has 1 aromatic carbocycles. The second-order valence-corrected chi connectivity index (χ2v) is 5.73. The van der Waals surface area contributed by atoms with Crippen molar-refractivity contribution in [1.29, 1.82) is 0 Å². The molecule has 1 aromatic rings. The number of rotatable bonds is 2. The number of fused-ring (bicyclic) bond motifs is 2. The summed E-state index contributed by atoms with van der Waals surface area (Å²) in [5.74, 6) is 0.899. The van der Waals surface area contributed by atoms with Crippen LogP contribution in [0, 0.1) is 5.92 Å². The van der Waals surface area contributed by atoms with E-state index in [1.54, 1.807) is 0 Å². The van der Waals surface area contributed by atoms with Crippen LogP contribution in [-0.4, -0.2) is 23.5 Å². The summed E-state index contributed by atoms with van der Waals surface area (Å²) in [6, 6.07) is 12.0. The van der Waals surface area contributed by atoms with Crippen LogP contribution in [0.1, 0.15) is 31.2 Å². The van der Waals surface area contributed by atoms with E-state index in [1.165, 1.54) is 37.8 Å². The van der Waals surface area contributed by atoms with Gasteiger partial charge in [-0.3, -0.25) is 4.90 Å². The van der Waals surface area contributed by atoms with Crippen LogP contribution in [0.4, 0.5) is 0 Å². The second-order valence-electron chi connectivity index (χ2n) is 5.73. The Kier molecular flexibility index (Phi) is 3.17. The fraction of sp³-hybridized carbons (Fsp3) is 0.600. The molecule has 2 N–H and O–H groups in total. The maximum absolute atomic E-state index is 6.15. The molecule has 1 saturated heterocycles. The van der Waals surface area contributed by atoms with Gasteiger partial charge in [0.05, 0.1) is 0 Å². The van der Waals surface area contributed by atoms with Gasteiger partial charge in [-0.15, -0.1) is 0 Å². The molecule has 0 aromatic heterocycles. The van der Waals surface area contributed by atoms with Gasteiger partial charge >= 0.3 is 0 Å². The molecule has 17 heavy (non-hydrogen) atoms. The van der Waals surface area contributed by atoms with E-state index in [0.29, 0.717) is 6.04 Å². The highest BCUT2D eigenvalue weighted by Gasteiger charge is 2.34. The lowest BCUT2D eigenvalue weighted by atomic mass is 9.77. The largest absolute Gasteiger partial charge is 0.328 e. The lowest BCUT2D eigenvalue weighted by Gasteiger charge is -2.45. The molecule has 0 amide bonds. The van der Waals surface area contributed by atoms with Gasteiger partial charge in [0.25, 0.3) is 0 Å². The molecule has 2 heteroatoms. The van der Waals surface area contributed by atoms with E-state index in [0.717, 1.165) is 18.5 Å². The highest BCUT2D eigenvalue weighted by atomic mass is 15.2. The Morgan fingerprint density at radius 3 is 2.76 bits per heavy atom. The average Bonchev–Trinajstić information content (AvgIpc) is 2.34. The van der Waals surface area contributed by atoms with E-state index in [1.807, 2.05) is 0 Å². The normalized spacial score (nSPS) is 33.6. The van der Waals surface area contributed by atoms with Crippen molar-refractivity contribution >= 4 is 0 Å². The average molecular weight is 230 g/mol. The molecule has 3 unspecified atom stereocenters. The van der Waals surface area contributed by atoms with E-state index in [4.69, 9.17) is 5.73 Å². The van der Waals surface area contributed by atoms with Crippen molar-refractivity contribution in [2.75, 3.05) is 6.54 Å². The molecule has 1 aliphatic heterocycles. The third-order valence-corrected chi connectivity index (χ3v) is 4.39. The van der Waals surface area contributed by atoms with Crippen LogP contribution in [0.25, 0.3) is 0 Å². The standard InChI is InChI=1S/C15H22N2/c16-14-8-13-6-7-17(15(9-13)10-14)11-12-4-2-1-3-5-12/h1-5,13-15H,6-11,16H2. The van der Waals surface area contributed by atoms with Crippen LogP contribution in [0.3, 0.4) is 0 Å². The first kappa shape index (κ1) is 11.2. The summed E-state index contributed by atoms with van der Waals surface area (Å²) in [6.45, 7) is 2.36. The lowest BCUT2D eigenvalue weighted by molar-refractivity contribution is 0.0585. The van der Waals surface area contributed by atoms with E-state index in [9.17, 15) is 0 Å². The first-order chi connectivity index (χ1) is 8.31. The minimum atomic E-state index is 0.442. The smallest absolute Gasteiger partial charge is 0.0236 e. The van der Waals surface area contributed by atoms with Crippen LogP contribution in [0.15, 0.2) is 30.3 Å². The van der Waals surface area contributed by atoms with Crippen molar-refractivity contribution in [1.82, 2.24) is 4.90 Å². The molecule has 2 aliphatic rings. The lowest BCUT2D eigenvalue weighted by Crippen LogP contribution is -2.49. The molecule has 2 fully saturated rings. The topological polar surface area (TPSA) is 29.3 Å². The van der Waals surface area contributed by atoms with Crippen LogP contribution in [0.2, 0.25) is 0 Å². The molecule has 1 heterocycles. The minimum Gasteiger partial charge on any atom is -0.328 e. The van der Waals surface area contributed by atoms with Crippen LogP contribution < -0.4 is 5.73 Å². The number of hydrogen-bond donors (Lipinski definition) is 1. The predicted molar refractivity (Wildman–Crippen MR) is 70.6 cm³/mol. The third kappa shape index (κ3) is 2.53. The van der Waals surface area contributed by atoms with Gasteiger partial charge in [-0.05, 0) is 43.7 Å². The number of piperidine rings is 1. The first-order valence-electron chi connectivity index (χ1n) is 6.85. The summed E-state index contributed by atoms with van der Waals surface area (Å²) in [6.07, 6.45) is 5.18. The zero-order valence-corrected chi connectivity index (χ0v) is 10.4. The molecule has 3 rings (SSSR count). The van der Waals surface area contributed by atoms with Crippen molar-refractivity contribution < 1.29 is 0 Å². The molecule has 0 spiro atoms. The highest BCUT2D eigenvalue weighted by molar-refractivity contribution is 5.15. The number of nitrogens with zero attached hydrogens (tertiary/aromatic N) is 1. The van der Waals surface area contributed by atoms with Gasteiger partial charge in [0.15, 0.2) is 0 Å². The quantitative estimate of drug-likeness (QED) is 0.845. The Balaban J connectivity index is 1.67. The number of benzene rings is 1. The molecule has 0 radical (unpaired) electrons. The van der Waals surface area contributed by atoms with Gasteiger partial charge in [0.2, 0.25) is 0 Å². The van der Waals surface area contributed by atoms with Crippen molar-refractivity contribution in [2.45, 2.75) is 44.3 Å². The predicted octanol–water partition coefficient (Wildman–Crippen LogP) is 2.39. The monoisotopic (exact) mass is 230 g/mol. The van der Waals surface area contributed by atoms with Crippen molar-refractivity contribution in [3.8, 4) is 0 Å². The highest BCUT2D eigenvalue weighted by Crippen LogP contribution is 2.34. The SMILES string of the molecule is NC1CC2CCN(Cc3ccccc3)C(C1)C2. The van der Waals surface area contributed by atoms with Gasteiger partial charge in [0, 0.05) is 18.6 Å². The molecular weight excluding hydrogens is 208 g/mol. The summed E-state index contributed by atoms with van der Waals surface area (Å²) < 4.78 is 0. The Morgan fingerprint density at radius 2 is 1.94 bits per heavy atom. The van der Waals surface area contributed by atoms with E-state index in [-0.39, 0.29) is 0 Å². The summed E-state index contributed by atoms with van der Waals surface area (Å²) in [5, 5.41) is 0. The summed E-state index contributed by atoms with van der Waals surface area (Å²) in [5.41, 5.74) is 7.59. The molecule has 1 aliphatic carbocycles. The maximum Gasteiger partial charge on any atom is 0.0236 e. The molecule has 2 nitrogen and oxygen atoms in total. The Bertz CT molecular complexity index is 360. The van der Waals surface area contributed by atoms with E-state index in [2.05, 4.69) is 35.2 Å². The third-order valence-electron chi connectivity index (χ3n) is 4.39. The summed E-state index contributed by atoms with van der Waals surface area (Å²) in [7, 11) is 0. The Labute approximate surface area is 104 Å².